The minimum Gasteiger partial charge on any atom is -0.398 e. The second-order valence-electron chi connectivity index (χ2n) is 6.78. The zero-order chi connectivity index (χ0) is 20.5. The summed E-state index contributed by atoms with van der Waals surface area (Å²) >= 11 is 0. The van der Waals surface area contributed by atoms with E-state index in [9.17, 15) is 9.18 Å². The summed E-state index contributed by atoms with van der Waals surface area (Å²) < 4.78 is 16.3. The summed E-state index contributed by atoms with van der Waals surface area (Å²) in [7, 11) is 0. The van der Waals surface area contributed by atoms with Crippen molar-refractivity contribution in [1.82, 2.24) is 14.5 Å². The van der Waals surface area contributed by atoms with E-state index in [2.05, 4.69) is 9.97 Å². The maximum atomic E-state index is 14.8. The van der Waals surface area contributed by atoms with Gasteiger partial charge in [-0.05, 0) is 36.2 Å². The topological polar surface area (TPSA) is 97.6 Å². The molecule has 4 aromatic rings. The molecule has 29 heavy (non-hydrogen) atoms. The highest BCUT2D eigenvalue weighted by Gasteiger charge is 2.11. The Kier molecular flexibility index (Phi) is 4.64. The van der Waals surface area contributed by atoms with E-state index < -0.39 is 5.82 Å². The lowest BCUT2D eigenvalue weighted by Gasteiger charge is -2.12. The third-order valence-corrected chi connectivity index (χ3v) is 4.82. The van der Waals surface area contributed by atoms with Gasteiger partial charge in [0.2, 0.25) is 0 Å². The minimum atomic E-state index is -0.422. The van der Waals surface area contributed by atoms with Crippen LogP contribution < -0.4 is 11.3 Å². The first-order chi connectivity index (χ1) is 13.9. The fourth-order valence-electron chi connectivity index (χ4n) is 3.28. The summed E-state index contributed by atoms with van der Waals surface area (Å²) in [6, 6.07) is 11.9. The van der Waals surface area contributed by atoms with E-state index in [4.69, 9.17) is 11.1 Å². The van der Waals surface area contributed by atoms with Crippen molar-refractivity contribution in [2.24, 2.45) is 0 Å². The monoisotopic (exact) mass is 387 g/mol. The normalized spacial score (nSPS) is 11.0. The van der Waals surface area contributed by atoms with E-state index in [0.29, 0.717) is 39.1 Å². The summed E-state index contributed by atoms with van der Waals surface area (Å²) in [5.41, 5.74) is 10.2. The predicted molar refractivity (Wildman–Crippen MR) is 112 cm³/mol. The zero-order valence-corrected chi connectivity index (χ0v) is 15.7. The van der Waals surface area contributed by atoms with Gasteiger partial charge < -0.3 is 11.1 Å². The Morgan fingerprint density at radius 3 is 2.62 bits per heavy atom. The number of rotatable bonds is 4. The number of fused-ring (bicyclic) bond motifs is 1. The molecule has 2 heterocycles. The number of anilines is 1. The van der Waals surface area contributed by atoms with Crippen LogP contribution in [0.15, 0.2) is 65.8 Å². The van der Waals surface area contributed by atoms with Crippen LogP contribution in [-0.4, -0.2) is 20.2 Å². The van der Waals surface area contributed by atoms with Crippen molar-refractivity contribution in [3.05, 3.63) is 88.4 Å². The summed E-state index contributed by atoms with van der Waals surface area (Å²) in [6.45, 7) is 1.74. The van der Waals surface area contributed by atoms with Gasteiger partial charge in [0.1, 0.15) is 5.82 Å². The number of nitrogens with two attached hydrogens (primary N) is 1. The van der Waals surface area contributed by atoms with Gasteiger partial charge in [-0.3, -0.25) is 14.3 Å². The number of nitrogen functional groups attached to an aromatic ring is 1. The molecular weight excluding hydrogens is 369 g/mol. The van der Waals surface area contributed by atoms with Crippen LogP contribution >= 0.6 is 0 Å². The molecule has 144 valence electrons. The average Bonchev–Trinajstić information content (AvgIpc) is 2.71. The van der Waals surface area contributed by atoms with Crippen LogP contribution in [0.4, 0.5) is 10.1 Å². The Balaban J connectivity index is 1.71. The fourth-order valence-corrected chi connectivity index (χ4v) is 3.28. The lowest BCUT2D eigenvalue weighted by Crippen LogP contribution is -2.21. The average molecular weight is 387 g/mol. The molecule has 6 nitrogen and oxygen atoms in total. The van der Waals surface area contributed by atoms with Gasteiger partial charge in [-0.1, -0.05) is 24.3 Å². The molecule has 0 saturated carbocycles. The van der Waals surface area contributed by atoms with E-state index in [1.807, 2.05) is 6.07 Å². The van der Waals surface area contributed by atoms with Crippen molar-refractivity contribution in [2.75, 3.05) is 5.73 Å². The van der Waals surface area contributed by atoms with E-state index in [1.54, 1.807) is 49.6 Å². The lowest BCUT2D eigenvalue weighted by molar-refractivity contribution is 0.599. The highest BCUT2D eigenvalue weighted by Crippen LogP contribution is 2.26. The van der Waals surface area contributed by atoms with Crippen LogP contribution in [0.2, 0.25) is 0 Å². The van der Waals surface area contributed by atoms with Crippen molar-refractivity contribution in [3.63, 3.8) is 0 Å². The van der Waals surface area contributed by atoms with Crippen LogP contribution in [-0.2, 0) is 6.54 Å². The van der Waals surface area contributed by atoms with Crippen molar-refractivity contribution < 1.29 is 4.39 Å². The number of nitrogens with one attached hydrogen (secondary N) is 1. The molecule has 0 radical (unpaired) electrons. The van der Waals surface area contributed by atoms with Crippen molar-refractivity contribution in [3.8, 4) is 11.1 Å². The molecule has 0 aliphatic heterocycles. The molecule has 0 aliphatic carbocycles. The Hall–Kier alpha value is -3.87. The maximum absolute atomic E-state index is 14.8. The molecule has 7 heteroatoms. The SMILES string of the molecule is CC(=N)c1ccc(-c2ccc(Cn3c(=O)cnc4ccncc43)c(F)c2)cc1N. The quantitative estimate of drug-likeness (QED) is 0.413. The molecule has 3 N–H and O–H groups in total. The minimum absolute atomic E-state index is 0.0731. The second-order valence-corrected chi connectivity index (χ2v) is 6.78. The van der Waals surface area contributed by atoms with Crippen molar-refractivity contribution >= 4 is 22.4 Å². The molecule has 0 bridgehead atoms. The Labute approximate surface area is 166 Å². The summed E-state index contributed by atoms with van der Waals surface area (Å²) in [5.74, 6) is -0.422. The number of halogens is 1. The molecule has 0 saturated heterocycles. The first-order valence-electron chi connectivity index (χ1n) is 8.97. The molecular formula is C22H18FN5O. The molecule has 0 unspecified atom stereocenters. The highest BCUT2D eigenvalue weighted by molar-refractivity contribution is 6.01. The number of pyridine rings is 1. The first-order valence-corrected chi connectivity index (χ1v) is 8.97. The third kappa shape index (κ3) is 3.50. The van der Waals surface area contributed by atoms with E-state index in [-0.39, 0.29) is 12.1 Å². The van der Waals surface area contributed by atoms with Gasteiger partial charge in [0.15, 0.2) is 0 Å². The number of nitrogens with zero attached hydrogens (tertiary/aromatic N) is 3. The number of hydrogen-bond acceptors (Lipinski definition) is 5. The van der Waals surface area contributed by atoms with E-state index in [0.717, 1.165) is 5.56 Å². The van der Waals surface area contributed by atoms with Gasteiger partial charge >= 0.3 is 0 Å². The molecule has 0 aliphatic rings. The Morgan fingerprint density at radius 2 is 1.90 bits per heavy atom. The van der Waals surface area contributed by atoms with E-state index in [1.165, 1.54) is 16.8 Å². The lowest BCUT2D eigenvalue weighted by atomic mass is 9.99. The summed E-state index contributed by atoms with van der Waals surface area (Å²) in [4.78, 5) is 20.4. The van der Waals surface area contributed by atoms with Gasteiger partial charge in [-0.25, -0.2) is 9.37 Å². The van der Waals surface area contributed by atoms with Crippen LogP contribution in [0, 0.1) is 11.2 Å². The van der Waals surface area contributed by atoms with E-state index >= 15 is 0 Å². The van der Waals surface area contributed by atoms with Crippen LogP contribution in [0.5, 0.6) is 0 Å². The van der Waals surface area contributed by atoms with Gasteiger partial charge in [-0.2, -0.15) is 0 Å². The van der Waals surface area contributed by atoms with Crippen LogP contribution in [0.25, 0.3) is 22.2 Å². The van der Waals surface area contributed by atoms with Crippen LogP contribution in [0.3, 0.4) is 0 Å². The predicted octanol–water partition coefficient (Wildman–Crippen LogP) is 3.62. The molecule has 2 aromatic carbocycles. The molecule has 0 atom stereocenters. The smallest absolute Gasteiger partial charge is 0.269 e. The highest BCUT2D eigenvalue weighted by atomic mass is 19.1. The van der Waals surface area contributed by atoms with Crippen LogP contribution in [0.1, 0.15) is 18.1 Å². The maximum Gasteiger partial charge on any atom is 0.269 e. The Bertz CT molecular complexity index is 1310. The molecule has 4 rings (SSSR count). The Morgan fingerprint density at radius 1 is 1.14 bits per heavy atom. The second kappa shape index (κ2) is 7.27. The summed E-state index contributed by atoms with van der Waals surface area (Å²) in [5, 5.41) is 7.72. The van der Waals surface area contributed by atoms with Crippen molar-refractivity contribution in [1.29, 1.82) is 5.41 Å². The largest absolute Gasteiger partial charge is 0.398 e. The molecule has 0 spiro atoms. The van der Waals surface area contributed by atoms with Gasteiger partial charge in [0.05, 0.1) is 30.0 Å². The fraction of sp³-hybridized carbons (Fsp3) is 0.0909. The molecule has 0 amide bonds. The standard InChI is InChI=1S/C22H18FN5O/c1-13(24)17-5-4-15(9-19(17)25)14-2-3-16(18(23)8-14)12-28-21-10-26-7-6-20(21)27-11-22(28)29/h2-11,24H,12,25H2,1H3. The van der Waals surface area contributed by atoms with Gasteiger partial charge in [-0.15, -0.1) is 0 Å². The number of aromatic nitrogens is 3. The first kappa shape index (κ1) is 18.5. The van der Waals surface area contributed by atoms with Gasteiger partial charge in [0, 0.05) is 28.7 Å². The zero-order valence-electron chi connectivity index (χ0n) is 15.7. The summed E-state index contributed by atoms with van der Waals surface area (Å²) in [6.07, 6.45) is 4.37. The third-order valence-electron chi connectivity index (χ3n) is 4.82. The number of benzene rings is 2. The molecule has 0 fully saturated rings. The molecule has 2 aromatic heterocycles. The van der Waals surface area contributed by atoms with Gasteiger partial charge in [0.25, 0.3) is 5.56 Å². The number of hydrogen-bond donors (Lipinski definition) is 2. The van der Waals surface area contributed by atoms with Crippen molar-refractivity contribution in [2.45, 2.75) is 13.5 Å².